The van der Waals surface area contributed by atoms with E-state index in [1.165, 1.54) is 30.3 Å². The maximum absolute atomic E-state index is 14.4. The lowest BCUT2D eigenvalue weighted by molar-refractivity contribution is -0.0177. The second kappa shape index (κ2) is 16.4. The molecule has 0 aromatic heterocycles. The average Bonchev–Trinajstić information content (AvgIpc) is 3.54. The van der Waals surface area contributed by atoms with Crippen LogP contribution in [-0.4, -0.2) is 87.6 Å². The summed E-state index contributed by atoms with van der Waals surface area (Å²) >= 11 is 5.96. The first-order chi connectivity index (χ1) is 23.4. The third kappa shape index (κ3) is 9.58. The quantitative estimate of drug-likeness (QED) is 0.283. The van der Waals surface area contributed by atoms with E-state index in [4.69, 9.17) is 30.5 Å². The Morgan fingerprint density at radius 3 is 2.51 bits per heavy atom. The Morgan fingerprint density at radius 2 is 1.76 bits per heavy atom. The van der Waals surface area contributed by atoms with Crippen LogP contribution in [0.1, 0.15) is 56.0 Å². The number of halogens is 1. The summed E-state index contributed by atoms with van der Waals surface area (Å²) in [6.45, 7) is 7.87. The zero-order valence-electron chi connectivity index (χ0n) is 28.4. The zero-order valence-corrected chi connectivity index (χ0v) is 30.0. The molecule has 13 heteroatoms. The highest BCUT2D eigenvalue weighted by atomic mass is 35.5. The van der Waals surface area contributed by atoms with Gasteiger partial charge in [-0.15, -0.1) is 0 Å². The summed E-state index contributed by atoms with van der Waals surface area (Å²) in [4.78, 5) is 18.3. The van der Waals surface area contributed by atoms with E-state index in [0.717, 1.165) is 36.3 Å². The molecule has 266 valence electrons. The minimum Gasteiger partial charge on any atom is -0.490 e. The number of fused-ring (bicyclic) bond motifs is 2. The van der Waals surface area contributed by atoms with E-state index in [-0.39, 0.29) is 53.6 Å². The van der Waals surface area contributed by atoms with Crippen molar-refractivity contribution in [2.75, 3.05) is 44.9 Å². The predicted molar refractivity (Wildman–Crippen MR) is 188 cm³/mol. The van der Waals surface area contributed by atoms with Gasteiger partial charge in [-0.2, -0.15) is 0 Å². The molecule has 0 unspecified atom stereocenters. The van der Waals surface area contributed by atoms with Crippen LogP contribution >= 0.6 is 11.6 Å². The Hall–Kier alpha value is -3.55. The Bertz CT molecular complexity index is 1690. The van der Waals surface area contributed by atoms with Gasteiger partial charge < -0.3 is 29.0 Å². The van der Waals surface area contributed by atoms with Gasteiger partial charge in [0.25, 0.3) is 15.9 Å². The van der Waals surface area contributed by atoms with E-state index >= 15 is 0 Å². The van der Waals surface area contributed by atoms with Gasteiger partial charge in [0.2, 0.25) is 6.79 Å². The second-order valence-corrected chi connectivity index (χ2v) is 15.1. The van der Waals surface area contributed by atoms with Crippen molar-refractivity contribution in [2.45, 2.75) is 69.7 Å². The molecule has 0 saturated carbocycles. The number of aliphatic hydroxyl groups excluding tert-OH is 1. The van der Waals surface area contributed by atoms with E-state index in [2.05, 4.69) is 9.62 Å². The van der Waals surface area contributed by atoms with Gasteiger partial charge in [-0.25, -0.2) is 8.42 Å². The van der Waals surface area contributed by atoms with Crippen LogP contribution in [0.3, 0.4) is 0 Å². The second-order valence-electron chi connectivity index (χ2n) is 13.0. The molecular formula is C36H46ClN3O8S. The smallest absolute Gasteiger partial charge is 0.261 e. The number of anilines is 1. The standard InChI is InChI=1S/C36H46ClN3O8S/c1-24-19-40(25(2)22-41)36(42)31-18-29(38-49(43,44)30-12-9-28(37)10-13-30)11-15-32(31)48-26(3)7-5-6-16-45-35(24)21-39(4)20-27-8-14-33-34(17-27)47-23-46-33/h8-15,17-18,24-26,35,38,41H,5-7,16,19-23H2,1-4H3/t24-,25+,26+,35+/m1/s1. The number of hydrogen-bond donors (Lipinski definition) is 2. The fourth-order valence-corrected chi connectivity index (χ4v) is 7.17. The average molecular weight is 716 g/mol. The SMILES string of the molecule is C[C@@H]1CN([C@@H](C)CO)C(=O)c2cc(NS(=O)(=O)c3ccc(Cl)cc3)ccc2O[C@@H](C)CCCCO[C@H]1CN(C)Cc1ccc2c(c1)OCO2. The van der Waals surface area contributed by atoms with E-state index in [1.807, 2.05) is 39.1 Å². The van der Waals surface area contributed by atoms with Gasteiger partial charge >= 0.3 is 0 Å². The number of amides is 1. The number of nitrogens with zero attached hydrogens (tertiary/aromatic N) is 2. The van der Waals surface area contributed by atoms with E-state index in [1.54, 1.807) is 24.0 Å². The van der Waals surface area contributed by atoms with Gasteiger partial charge in [0.05, 0.1) is 35.3 Å². The summed E-state index contributed by atoms with van der Waals surface area (Å²) in [5, 5.41) is 10.7. The van der Waals surface area contributed by atoms with Crippen molar-refractivity contribution in [3.05, 3.63) is 76.8 Å². The van der Waals surface area contributed by atoms with E-state index < -0.39 is 16.1 Å². The number of rotatable bonds is 9. The number of ether oxygens (including phenoxy) is 4. The molecule has 49 heavy (non-hydrogen) atoms. The van der Waals surface area contributed by atoms with Crippen LogP contribution in [0.4, 0.5) is 5.69 Å². The molecule has 0 aliphatic carbocycles. The van der Waals surface area contributed by atoms with Gasteiger partial charge in [-0.1, -0.05) is 24.6 Å². The van der Waals surface area contributed by atoms with Crippen LogP contribution < -0.4 is 18.9 Å². The van der Waals surface area contributed by atoms with E-state index in [9.17, 15) is 18.3 Å². The maximum atomic E-state index is 14.4. The number of sulfonamides is 1. The van der Waals surface area contributed by atoms with Gasteiger partial charge in [0.1, 0.15) is 5.75 Å². The van der Waals surface area contributed by atoms with Gasteiger partial charge in [-0.3, -0.25) is 14.4 Å². The maximum Gasteiger partial charge on any atom is 0.261 e. The highest BCUT2D eigenvalue weighted by molar-refractivity contribution is 7.92. The number of aliphatic hydroxyl groups is 1. The Kier molecular flexibility index (Phi) is 12.3. The first-order valence-electron chi connectivity index (χ1n) is 16.6. The van der Waals surface area contributed by atoms with Crippen molar-refractivity contribution in [3.63, 3.8) is 0 Å². The molecule has 0 bridgehead atoms. The fraction of sp³-hybridized carbons (Fsp3) is 0.472. The molecule has 5 rings (SSSR count). The van der Waals surface area contributed by atoms with E-state index in [0.29, 0.717) is 37.0 Å². The number of nitrogens with one attached hydrogen (secondary N) is 1. The molecule has 0 saturated heterocycles. The van der Waals surface area contributed by atoms with Gasteiger partial charge in [0, 0.05) is 42.9 Å². The Balaban J connectivity index is 1.40. The third-order valence-corrected chi connectivity index (χ3v) is 10.5. The molecule has 4 atom stereocenters. The lowest BCUT2D eigenvalue weighted by Crippen LogP contribution is -2.47. The zero-order chi connectivity index (χ0) is 35.1. The largest absolute Gasteiger partial charge is 0.490 e. The monoisotopic (exact) mass is 715 g/mol. The first kappa shape index (κ1) is 36.7. The molecule has 0 radical (unpaired) electrons. The molecule has 0 spiro atoms. The highest BCUT2D eigenvalue weighted by Gasteiger charge is 2.31. The molecule has 2 aliphatic heterocycles. The van der Waals surface area contributed by atoms with Crippen molar-refractivity contribution in [3.8, 4) is 17.2 Å². The molecule has 0 fully saturated rings. The summed E-state index contributed by atoms with van der Waals surface area (Å²) in [7, 11) is -1.94. The highest BCUT2D eigenvalue weighted by Crippen LogP contribution is 2.33. The summed E-state index contributed by atoms with van der Waals surface area (Å²) < 4.78 is 52.8. The van der Waals surface area contributed by atoms with Crippen LogP contribution in [0.5, 0.6) is 17.2 Å². The fourth-order valence-electron chi connectivity index (χ4n) is 6.00. The lowest BCUT2D eigenvalue weighted by Gasteiger charge is -2.36. The summed E-state index contributed by atoms with van der Waals surface area (Å²) in [5.41, 5.74) is 1.49. The number of benzene rings is 3. The van der Waals surface area contributed by atoms with Crippen LogP contribution in [0.25, 0.3) is 0 Å². The minimum absolute atomic E-state index is 0.0343. The van der Waals surface area contributed by atoms with Crippen LogP contribution in [0, 0.1) is 5.92 Å². The van der Waals surface area contributed by atoms with Crippen molar-refractivity contribution < 1.29 is 37.3 Å². The number of carbonyl (C=O) groups excluding carboxylic acids is 1. The molecule has 3 aromatic rings. The molecule has 3 aromatic carbocycles. The van der Waals surface area contributed by atoms with Gasteiger partial charge in [-0.05, 0) is 100 Å². The Morgan fingerprint density at radius 1 is 1.02 bits per heavy atom. The van der Waals surface area contributed by atoms with Crippen LogP contribution in [0.15, 0.2) is 65.6 Å². The van der Waals surface area contributed by atoms with Crippen molar-refractivity contribution >= 4 is 33.2 Å². The molecule has 2 heterocycles. The minimum atomic E-state index is -3.97. The molecule has 11 nitrogen and oxygen atoms in total. The number of carbonyl (C=O) groups is 1. The molecule has 2 N–H and O–H groups in total. The van der Waals surface area contributed by atoms with Crippen molar-refractivity contribution in [2.24, 2.45) is 5.92 Å². The van der Waals surface area contributed by atoms with Crippen molar-refractivity contribution in [1.29, 1.82) is 0 Å². The summed E-state index contributed by atoms with van der Waals surface area (Å²) in [6.07, 6.45) is 2.02. The topological polar surface area (TPSA) is 127 Å². The van der Waals surface area contributed by atoms with Crippen LogP contribution in [0.2, 0.25) is 5.02 Å². The normalized spacial score (nSPS) is 21.1. The molecular weight excluding hydrogens is 670 g/mol. The third-order valence-electron chi connectivity index (χ3n) is 8.81. The number of likely N-dealkylation sites (N-methyl/N-ethyl adjacent to an activating group) is 1. The first-order valence-corrected chi connectivity index (χ1v) is 18.5. The summed E-state index contributed by atoms with van der Waals surface area (Å²) in [6, 6.07) is 15.9. The Labute approximate surface area is 294 Å². The summed E-state index contributed by atoms with van der Waals surface area (Å²) in [5.74, 6) is 1.33. The lowest BCUT2D eigenvalue weighted by atomic mass is 10.0. The number of hydrogen-bond acceptors (Lipinski definition) is 9. The molecule has 1 amide bonds. The van der Waals surface area contributed by atoms with Gasteiger partial charge in [0.15, 0.2) is 11.5 Å². The van der Waals surface area contributed by atoms with Crippen LogP contribution in [-0.2, 0) is 21.3 Å². The molecule has 2 aliphatic rings. The van der Waals surface area contributed by atoms with Crippen molar-refractivity contribution in [1.82, 2.24) is 9.80 Å². The predicted octanol–water partition coefficient (Wildman–Crippen LogP) is 5.80.